The number of halogens is 1. The molecule has 2 aromatic rings. The van der Waals surface area contributed by atoms with Crippen LogP contribution in [0.25, 0.3) is 0 Å². The van der Waals surface area contributed by atoms with E-state index in [1.807, 2.05) is 36.7 Å². The average Bonchev–Trinajstić information content (AvgIpc) is 3.13. The summed E-state index contributed by atoms with van der Waals surface area (Å²) in [4.78, 5) is 16.4. The van der Waals surface area contributed by atoms with Gasteiger partial charge in [0.15, 0.2) is 0 Å². The lowest BCUT2D eigenvalue weighted by atomic mass is 10.1. The van der Waals surface area contributed by atoms with Crippen molar-refractivity contribution in [2.75, 3.05) is 19.6 Å². The van der Waals surface area contributed by atoms with E-state index in [4.69, 9.17) is 11.6 Å². The zero-order valence-corrected chi connectivity index (χ0v) is 17.3. The van der Waals surface area contributed by atoms with Gasteiger partial charge in [-0.15, -0.1) is 0 Å². The molecule has 0 aromatic carbocycles. The van der Waals surface area contributed by atoms with E-state index < -0.39 is 0 Å². The first-order valence-electron chi connectivity index (χ1n) is 9.71. The maximum atomic E-state index is 13.0. The summed E-state index contributed by atoms with van der Waals surface area (Å²) in [5.74, 6) is 0.137. The SMILES string of the molecule is Cc1cc(CN(Cc2nn(C)cc2Cl)C(=O)CC[NH+]2CCCCC2)nn1C. The number of carbonyl (C=O) groups is 1. The first-order valence-corrected chi connectivity index (χ1v) is 10.1. The molecule has 0 aliphatic carbocycles. The fraction of sp³-hybridized carbons (Fsp3) is 0.632. The van der Waals surface area contributed by atoms with Gasteiger partial charge in [0, 0.05) is 26.0 Å². The number of quaternary nitrogens is 1. The topological polar surface area (TPSA) is 60.4 Å². The summed E-state index contributed by atoms with van der Waals surface area (Å²) >= 11 is 6.28. The zero-order valence-electron chi connectivity index (χ0n) is 16.5. The van der Waals surface area contributed by atoms with Crippen molar-refractivity contribution in [2.45, 2.75) is 45.7 Å². The molecule has 1 aliphatic rings. The van der Waals surface area contributed by atoms with Gasteiger partial charge in [0.2, 0.25) is 5.91 Å². The van der Waals surface area contributed by atoms with Gasteiger partial charge in [0.1, 0.15) is 5.69 Å². The second-order valence-corrected chi connectivity index (χ2v) is 7.97. The van der Waals surface area contributed by atoms with Gasteiger partial charge >= 0.3 is 0 Å². The summed E-state index contributed by atoms with van der Waals surface area (Å²) in [7, 11) is 3.75. The molecule has 0 bridgehead atoms. The Morgan fingerprint density at radius 1 is 1.22 bits per heavy atom. The monoisotopic (exact) mass is 393 g/mol. The van der Waals surface area contributed by atoms with Crippen LogP contribution in [0, 0.1) is 6.92 Å². The molecule has 8 heteroatoms. The molecule has 0 spiro atoms. The van der Waals surface area contributed by atoms with E-state index >= 15 is 0 Å². The number of carbonyl (C=O) groups excluding carboxylic acids is 1. The van der Waals surface area contributed by atoms with Gasteiger partial charge in [-0.3, -0.25) is 14.2 Å². The molecule has 1 N–H and O–H groups in total. The molecule has 2 aromatic heterocycles. The first-order chi connectivity index (χ1) is 12.9. The third-order valence-electron chi connectivity index (χ3n) is 5.32. The average molecular weight is 394 g/mol. The Labute approximate surface area is 165 Å². The number of piperidine rings is 1. The van der Waals surface area contributed by atoms with E-state index in [2.05, 4.69) is 10.2 Å². The molecule has 3 rings (SSSR count). The van der Waals surface area contributed by atoms with Crippen LogP contribution in [0.5, 0.6) is 0 Å². The largest absolute Gasteiger partial charge is 0.335 e. The number of hydrogen-bond donors (Lipinski definition) is 1. The Hall–Kier alpha value is -1.86. The van der Waals surface area contributed by atoms with Crippen molar-refractivity contribution in [1.29, 1.82) is 0 Å². The maximum Gasteiger partial charge on any atom is 0.228 e. The fourth-order valence-electron chi connectivity index (χ4n) is 3.68. The summed E-state index contributed by atoms with van der Waals surface area (Å²) in [6.45, 7) is 6.15. The van der Waals surface area contributed by atoms with Crippen LogP contribution in [0.4, 0.5) is 0 Å². The highest BCUT2D eigenvalue weighted by Crippen LogP contribution is 2.17. The number of hydrogen-bond acceptors (Lipinski definition) is 3. The predicted molar refractivity (Wildman–Crippen MR) is 104 cm³/mol. The standard InChI is InChI=1S/C19H29ClN6O/c1-15-11-16(21-24(15)3)12-26(14-18-17(20)13-23(2)22-18)19(27)7-10-25-8-5-4-6-9-25/h11,13H,4-10,12,14H2,1-3H3/p+1. The van der Waals surface area contributed by atoms with Crippen LogP contribution in [-0.4, -0.2) is 50.0 Å². The number of nitrogens with zero attached hydrogens (tertiary/aromatic N) is 5. The first kappa shape index (κ1) is 19.9. The van der Waals surface area contributed by atoms with Gasteiger partial charge < -0.3 is 9.80 Å². The van der Waals surface area contributed by atoms with Crippen LogP contribution >= 0.6 is 11.6 Å². The van der Waals surface area contributed by atoms with Crippen molar-refractivity contribution in [2.24, 2.45) is 14.1 Å². The maximum absolute atomic E-state index is 13.0. The Morgan fingerprint density at radius 3 is 2.56 bits per heavy atom. The number of aromatic nitrogens is 4. The number of aryl methyl sites for hydroxylation is 3. The quantitative estimate of drug-likeness (QED) is 0.766. The van der Waals surface area contributed by atoms with Crippen LogP contribution < -0.4 is 4.90 Å². The Kier molecular flexibility index (Phi) is 6.55. The van der Waals surface area contributed by atoms with Crippen LogP contribution in [0.15, 0.2) is 12.3 Å². The van der Waals surface area contributed by atoms with E-state index in [1.54, 1.807) is 15.8 Å². The highest BCUT2D eigenvalue weighted by Gasteiger charge is 2.22. The Balaban J connectivity index is 1.69. The molecule has 0 unspecified atom stereocenters. The summed E-state index contributed by atoms with van der Waals surface area (Å²) in [5.41, 5.74) is 2.69. The van der Waals surface area contributed by atoms with E-state index in [0.29, 0.717) is 24.5 Å². The molecule has 7 nitrogen and oxygen atoms in total. The van der Waals surface area contributed by atoms with Gasteiger partial charge in [0.25, 0.3) is 0 Å². The van der Waals surface area contributed by atoms with Crippen molar-refractivity contribution in [3.05, 3.63) is 34.4 Å². The molecule has 0 atom stereocenters. The minimum absolute atomic E-state index is 0.137. The van der Waals surface area contributed by atoms with Gasteiger partial charge in [0.05, 0.1) is 49.9 Å². The molecule has 1 amide bonds. The minimum atomic E-state index is 0.137. The van der Waals surface area contributed by atoms with Crippen molar-refractivity contribution in [3.8, 4) is 0 Å². The molecular weight excluding hydrogens is 364 g/mol. The van der Waals surface area contributed by atoms with Crippen molar-refractivity contribution < 1.29 is 9.69 Å². The lowest BCUT2D eigenvalue weighted by Crippen LogP contribution is -3.12. The highest BCUT2D eigenvalue weighted by atomic mass is 35.5. The fourth-order valence-corrected chi connectivity index (χ4v) is 3.92. The molecule has 0 saturated carbocycles. The summed E-state index contributed by atoms with van der Waals surface area (Å²) in [6.07, 6.45) is 6.17. The van der Waals surface area contributed by atoms with Crippen LogP contribution in [0.1, 0.15) is 42.8 Å². The van der Waals surface area contributed by atoms with Crippen molar-refractivity contribution >= 4 is 17.5 Å². The predicted octanol–water partition coefficient (Wildman–Crippen LogP) is 1.10. The summed E-state index contributed by atoms with van der Waals surface area (Å²) < 4.78 is 3.52. The van der Waals surface area contributed by atoms with Gasteiger partial charge in [-0.25, -0.2) is 0 Å². The number of rotatable bonds is 7. The van der Waals surface area contributed by atoms with E-state index in [1.165, 1.54) is 32.4 Å². The molecule has 1 aliphatic heterocycles. The third kappa shape index (κ3) is 5.32. The minimum Gasteiger partial charge on any atom is -0.335 e. The van der Waals surface area contributed by atoms with E-state index in [9.17, 15) is 4.79 Å². The van der Waals surface area contributed by atoms with Gasteiger partial charge in [-0.05, 0) is 32.3 Å². The normalized spacial score (nSPS) is 15.3. The third-order valence-corrected chi connectivity index (χ3v) is 5.63. The smallest absolute Gasteiger partial charge is 0.228 e. The van der Waals surface area contributed by atoms with Gasteiger partial charge in [-0.1, -0.05) is 11.6 Å². The molecule has 3 heterocycles. The van der Waals surface area contributed by atoms with E-state index in [-0.39, 0.29) is 5.91 Å². The molecule has 27 heavy (non-hydrogen) atoms. The number of likely N-dealkylation sites (tertiary alicyclic amines) is 1. The molecule has 0 radical (unpaired) electrons. The van der Waals surface area contributed by atoms with Crippen LogP contribution in [0.2, 0.25) is 5.02 Å². The number of nitrogens with one attached hydrogen (secondary N) is 1. The van der Waals surface area contributed by atoms with Crippen molar-refractivity contribution in [3.63, 3.8) is 0 Å². The second-order valence-electron chi connectivity index (χ2n) is 7.56. The lowest BCUT2D eigenvalue weighted by molar-refractivity contribution is -0.904. The van der Waals surface area contributed by atoms with Crippen molar-refractivity contribution in [1.82, 2.24) is 24.5 Å². The Bertz CT molecular complexity index is 758. The van der Waals surface area contributed by atoms with Crippen LogP contribution in [-0.2, 0) is 32.0 Å². The number of amides is 1. The van der Waals surface area contributed by atoms with Gasteiger partial charge in [-0.2, -0.15) is 10.2 Å². The summed E-state index contributed by atoms with van der Waals surface area (Å²) in [6, 6.07) is 2.02. The molecule has 1 saturated heterocycles. The summed E-state index contributed by atoms with van der Waals surface area (Å²) in [5, 5.41) is 9.51. The lowest BCUT2D eigenvalue weighted by Gasteiger charge is -2.25. The second kappa shape index (κ2) is 8.89. The zero-order chi connectivity index (χ0) is 19.4. The highest BCUT2D eigenvalue weighted by molar-refractivity contribution is 6.31. The molecular formula is C19H30ClN6O+. The van der Waals surface area contributed by atoms with E-state index in [0.717, 1.165) is 23.6 Å². The Morgan fingerprint density at radius 2 is 1.96 bits per heavy atom. The van der Waals surface area contributed by atoms with Crippen LogP contribution in [0.3, 0.4) is 0 Å². The molecule has 1 fully saturated rings. The molecule has 148 valence electrons.